The Hall–Kier alpha value is -1.98. The minimum Gasteiger partial charge on any atom is -0.369 e. The third-order valence-electron chi connectivity index (χ3n) is 1.63. The lowest BCUT2D eigenvalue weighted by molar-refractivity contribution is 0.643. The monoisotopic (exact) mass is 190 g/mol. The van der Waals surface area contributed by atoms with Crippen molar-refractivity contribution in [2.75, 3.05) is 14.1 Å². The van der Waals surface area contributed by atoms with E-state index in [1.807, 2.05) is 19.0 Å². The van der Waals surface area contributed by atoms with Crippen LogP contribution >= 0.6 is 0 Å². The van der Waals surface area contributed by atoms with Crippen LogP contribution in [0.1, 0.15) is 0 Å². The molecule has 0 spiro atoms. The topological polar surface area (TPSA) is 70.1 Å². The molecule has 2 aromatic rings. The van der Waals surface area contributed by atoms with E-state index in [9.17, 15) is 0 Å². The summed E-state index contributed by atoms with van der Waals surface area (Å²) in [6.07, 6.45) is 4.89. The molecule has 0 radical (unpaired) electrons. The minimum atomic E-state index is 0.525. The van der Waals surface area contributed by atoms with Gasteiger partial charge in [0, 0.05) is 14.1 Å². The van der Waals surface area contributed by atoms with Crippen molar-refractivity contribution in [1.82, 2.24) is 25.1 Å². The van der Waals surface area contributed by atoms with Gasteiger partial charge < -0.3 is 9.88 Å². The molecule has 1 N–H and O–H groups in total. The molecular formula is C8H10N6. The van der Waals surface area contributed by atoms with E-state index in [4.69, 9.17) is 0 Å². The molecule has 0 aliphatic carbocycles. The van der Waals surface area contributed by atoms with Crippen LogP contribution in [0.25, 0.3) is 11.0 Å². The number of aromatic amines is 1. The largest absolute Gasteiger partial charge is 0.369 e. The maximum atomic E-state index is 4.15. The first kappa shape index (κ1) is 8.61. The Labute approximate surface area is 80.7 Å². The fourth-order valence-electron chi connectivity index (χ4n) is 1.03. The molecule has 0 atom stereocenters. The lowest BCUT2D eigenvalue weighted by Crippen LogP contribution is -2.07. The van der Waals surface area contributed by atoms with E-state index < -0.39 is 0 Å². The number of aromatic nitrogens is 4. The van der Waals surface area contributed by atoms with Crippen LogP contribution in [0.15, 0.2) is 17.5 Å². The molecule has 72 valence electrons. The Morgan fingerprint density at radius 3 is 3.14 bits per heavy atom. The number of fused-ring (bicyclic) bond motifs is 1. The van der Waals surface area contributed by atoms with Crippen LogP contribution in [0.4, 0.5) is 5.82 Å². The number of H-pyrrole nitrogens is 1. The van der Waals surface area contributed by atoms with E-state index in [-0.39, 0.29) is 0 Å². The van der Waals surface area contributed by atoms with E-state index >= 15 is 0 Å². The normalized spacial score (nSPS) is 11.3. The van der Waals surface area contributed by atoms with Crippen LogP contribution in [0, 0.1) is 0 Å². The summed E-state index contributed by atoms with van der Waals surface area (Å²) in [7, 11) is 3.78. The van der Waals surface area contributed by atoms with Crippen LogP contribution < -0.4 is 0 Å². The zero-order chi connectivity index (χ0) is 9.97. The summed E-state index contributed by atoms with van der Waals surface area (Å²) < 4.78 is 0. The van der Waals surface area contributed by atoms with Gasteiger partial charge in [-0.05, 0) is 0 Å². The maximum absolute atomic E-state index is 4.15. The van der Waals surface area contributed by atoms with Gasteiger partial charge in [0.1, 0.15) is 5.52 Å². The fourth-order valence-corrected chi connectivity index (χ4v) is 1.03. The lowest BCUT2D eigenvalue weighted by Gasteiger charge is -2.01. The molecule has 0 aliphatic heterocycles. The summed E-state index contributed by atoms with van der Waals surface area (Å²) in [5.41, 5.74) is 1.57. The van der Waals surface area contributed by atoms with E-state index in [1.165, 1.54) is 0 Å². The highest BCUT2D eigenvalue weighted by Crippen LogP contribution is 2.17. The molecule has 0 fully saturated rings. The number of hydrogen-bond acceptors (Lipinski definition) is 4. The SMILES string of the molecule is CN(C)/C=N\c1nncc2[nH]cnc12. The number of hydrogen-bond donors (Lipinski definition) is 1. The molecule has 0 unspecified atom stereocenters. The Morgan fingerprint density at radius 1 is 1.50 bits per heavy atom. The Bertz CT molecular complexity index is 458. The first-order chi connectivity index (χ1) is 6.77. The third kappa shape index (κ3) is 1.54. The van der Waals surface area contributed by atoms with Crippen molar-refractivity contribution in [3.63, 3.8) is 0 Å². The second-order valence-electron chi connectivity index (χ2n) is 3.04. The van der Waals surface area contributed by atoms with Crippen molar-refractivity contribution < 1.29 is 0 Å². The van der Waals surface area contributed by atoms with Crippen molar-refractivity contribution in [2.45, 2.75) is 0 Å². The summed E-state index contributed by atoms with van der Waals surface area (Å²) in [4.78, 5) is 13.0. The van der Waals surface area contributed by atoms with Gasteiger partial charge in [-0.3, -0.25) is 0 Å². The van der Waals surface area contributed by atoms with Gasteiger partial charge in [0.2, 0.25) is 5.82 Å². The Balaban J connectivity index is 2.46. The number of rotatable bonds is 2. The van der Waals surface area contributed by atoms with Crippen LogP contribution in [-0.4, -0.2) is 45.5 Å². The summed E-state index contributed by atoms with van der Waals surface area (Å²) in [5, 5.41) is 7.70. The standard InChI is InChI=1S/C8H10N6/c1-14(2)5-11-8-7-6(3-12-13-8)9-4-10-7/h3-5H,1-2H3,(H,9,10)/b11-5-. The van der Waals surface area contributed by atoms with E-state index in [0.717, 1.165) is 11.0 Å². The molecule has 2 aromatic heterocycles. The second kappa shape index (κ2) is 3.41. The van der Waals surface area contributed by atoms with Gasteiger partial charge in [0.25, 0.3) is 0 Å². The van der Waals surface area contributed by atoms with Gasteiger partial charge in [-0.2, -0.15) is 5.10 Å². The maximum Gasteiger partial charge on any atom is 0.204 e. The number of aliphatic imine (C=N–C) groups is 1. The summed E-state index contributed by atoms with van der Waals surface area (Å²) in [5.74, 6) is 0.525. The fraction of sp³-hybridized carbons (Fsp3) is 0.250. The molecule has 0 aliphatic rings. The van der Waals surface area contributed by atoms with Crippen LogP contribution in [0.3, 0.4) is 0 Å². The van der Waals surface area contributed by atoms with Gasteiger partial charge in [-0.25, -0.2) is 9.98 Å². The van der Waals surface area contributed by atoms with Crippen molar-refractivity contribution in [2.24, 2.45) is 4.99 Å². The summed E-state index contributed by atoms with van der Waals surface area (Å²) in [6, 6.07) is 0. The molecule has 0 aromatic carbocycles. The number of nitrogens with one attached hydrogen (secondary N) is 1. The summed E-state index contributed by atoms with van der Waals surface area (Å²) >= 11 is 0. The second-order valence-corrected chi connectivity index (χ2v) is 3.04. The first-order valence-electron chi connectivity index (χ1n) is 4.13. The molecule has 0 bridgehead atoms. The Kier molecular flexibility index (Phi) is 2.10. The molecule has 0 saturated heterocycles. The number of imidazole rings is 1. The highest BCUT2D eigenvalue weighted by molar-refractivity contribution is 5.84. The highest BCUT2D eigenvalue weighted by Gasteiger charge is 2.02. The van der Waals surface area contributed by atoms with Gasteiger partial charge in [-0.1, -0.05) is 0 Å². The number of nitrogens with zero attached hydrogens (tertiary/aromatic N) is 5. The minimum absolute atomic E-state index is 0.525. The molecule has 6 nitrogen and oxygen atoms in total. The first-order valence-corrected chi connectivity index (χ1v) is 4.13. The van der Waals surface area contributed by atoms with Crippen molar-refractivity contribution in [1.29, 1.82) is 0 Å². The van der Waals surface area contributed by atoms with Crippen LogP contribution in [-0.2, 0) is 0 Å². The van der Waals surface area contributed by atoms with E-state index in [0.29, 0.717) is 5.82 Å². The zero-order valence-corrected chi connectivity index (χ0v) is 7.97. The quantitative estimate of drug-likeness (QED) is 0.555. The molecule has 0 saturated carbocycles. The van der Waals surface area contributed by atoms with Crippen LogP contribution in [0.2, 0.25) is 0 Å². The van der Waals surface area contributed by atoms with Gasteiger partial charge in [-0.15, -0.1) is 5.10 Å². The predicted octanol–water partition coefficient (Wildman–Crippen LogP) is 0.574. The molecular weight excluding hydrogens is 180 g/mol. The predicted molar refractivity (Wildman–Crippen MR) is 53.5 cm³/mol. The average molecular weight is 190 g/mol. The lowest BCUT2D eigenvalue weighted by atomic mass is 10.4. The molecule has 0 amide bonds. The molecule has 14 heavy (non-hydrogen) atoms. The van der Waals surface area contributed by atoms with Crippen LogP contribution in [0.5, 0.6) is 0 Å². The molecule has 2 rings (SSSR count). The third-order valence-corrected chi connectivity index (χ3v) is 1.63. The Morgan fingerprint density at radius 2 is 2.36 bits per heavy atom. The van der Waals surface area contributed by atoms with Gasteiger partial charge in [0.05, 0.1) is 24.4 Å². The van der Waals surface area contributed by atoms with Gasteiger partial charge >= 0.3 is 0 Å². The van der Waals surface area contributed by atoms with Gasteiger partial charge in [0.15, 0.2) is 0 Å². The summed E-state index contributed by atoms with van der Waals surface area (Å²) in [6.45, 7) is 0. The van der Waals surface area contributed by atoms with Crippen molar-refractivity contribution >= 4 is 23.2 Å². The zero-order valence-electron chi connectivity index (χ0n) is 7.97. The smallest absolute Gasteiger partial charge is 0.204 e. The molecule has 2 heterocycles. The van der Waals surface area contributed by atoms with E-state index in [1.54, 1.807) is 18.9 Å². The van der Waals surface area contributed by atoms with Crippen molar-refractivity contribution in [3.05, 3.63) is 12.5 Å². The highest BCUT2D eigenvalue weighted by atomic mass is 15.2. The average Bonchev–Trinajstić information content (AvgIpc) is 2.62. The van der Waals surface area contributed by atoms with E-state index in [2.05, 4.69) is 25.2 Å². The van der Waals surface area contributed by atoms with Crippen molar-refractivity contribution in [3.8, 4) is 0 Å². The molecule has 6 heteroatoms.